The number of nitrogen functional groups attached to an aromatic ring is 1. The number of anilines is 3. The number of piperazine rings is 1. The molecule has 1 aromatic carbocycles. The molecule has 4 rings (SSSR count). The number of nitrogens with two attached hydrogens (primary N) is 1. The second-order valence-corrected chi connectivity index (χ2v) is 8.90. The number of ether oxygens (including phenoxy) is 1. The number of cyclic esters (lactones) is 1. The molecule has 2 aliphatic rings. The summed E-state index contributed by atoms with van der Waals surface area (Å²) in [5, 5.41) is 11.9. The molecule has 0 aliphatic carbocycles. The van der Waals surface area contributed by atoms with Gasteiger partial charge >= 0.3 is 6.09 Å². The maximum absolute atomic E-state index is 14.9. The van der Waals surface area contributed by atoms with E-state index in [9.17, 15) is 14.0 Å². The highest BCUT2D eigenvalue weighted by Gasteiger charge is 2.33. The standard InChI is InChI=1S/C20H26FN7O3S/c1-13(29)23-11-15-12-28(20(30)31-15)14-2-3-17(16(21)10-14)27-8-6-26(7-9-27)5-4-18-24-25-19(22)32-18/h2-3,10,15H,4-9,11-12H2,1H3,(H2,22,25)(H,23,29)/t15-/m0/s1. The van der Waals surface area contributed by atoms with Crippen LogP contribution in [-0.2, 0) is 16.0 Å². The van der Waals surface area contributed by atoms with Gasteiger partial charge in [-0.3, -0.25) is 14.6 Å². The van der Waals surface area contributed by atoms with Crippen molar-refractivity contribution in [1.82, 2.24) is 20.4 Å². The molecule has 3 N–H and O–H groups in total. The molecule has 0 radical (unpaired) electrons. The maximum atomic E-state index is 14.9. The molecule has 2 saturated heterocycles. The van der Waals surface area contributed by atoms with Gasteiger partial charge in [-0.2, -0.15) is 0 Å². The van der Waals surface area contributed by atoms with Crippen LogP contribution in [0.25, 0.3) is 0 Å². The van der Waals surface area contributed by atoms with E-state index >= 15 is 0 Å². The number of aromatic nitrogens is 2. The molecule has 1 atom stereocenters. The first kappa shape index (κ1) is 22.2. The van der Waals surface area contributed by atoms with Crippen molar-refractivity contribution >= 4 is 39.8 Å². The van der Waals surface area contributed by atoms with Crippen molar-refractivity contribution in [2.75, 3.05) is 61.3 Å². The molecular formula is C20H26FN7O3S. The van der Waals surface area contributed by atoms with Crippen molar-refractivity contribution in [2.45, 2.75) is 19.4 Å². The molecule has 12 heteroatoms. The third-order valence-corrected chi connectivity index (χ3v) is 6.35. The lowest BCUT2D eigenvalue weighted by atomic mass is 10.2. The van der Waals surface area contributed by atoms with Gasteiger partial charge in [0, 0.05) is 46.1 Å². The SMILES string of the molecule is CC(=O)NC[C@H]1CN(c2ccc(N3CCN(CCc4nnc(N)s4)CC3)c(F)c2)C(=O)O1. The third kappa shape index (κ3) is 5.25. The number of halogens is 1. The number of hydrogen-bond acceptors (Lipinski definition) is 9. The van der Waals surface area contributed by atoms with Gasteiger partial charge in [0.05, 0.1) is 24.5 Å². The maximum Gasteiger partial charge on any atom is 0.414 e. The van der Waals surface area contributed by atoms with E-state index in [1.54, 1.807) is 12.1 Å². The molecule has 32 heavy (non-hydrogen) atoms. The van der Waals surface area contributed by atoms with E-state index in [0.717, 1.165) is 31.1 Å². The zero-order valence-corrected chi connectivity index (χ0v) is 18.6. The predicted octanol–water partition coefficient (Wildman–Crippen LogP) is 1.09. The van der Waals surface area contributed by atoms with Crippen LogP contribution < -0.4 is 20.9 Å². The lowest BCUT2D eigenvalue weighted by Gasteiger charge is -2.36. The Morgan fingerprint density at radius 3 is 2.75 bits per heavy atom. The number of nitrogens with one attached hydrogen (secondary N) is 1. The Bertz CT molecular complexity index is 980. The Balaban J connectivity index is 1.31. The van der Waals surface area contributed by atoms with E-state index in [-0.39, 0.29) is 24.8 Å². The van der Waals surface area contributed by atoms with Gasteiger partial charge in [0.1, 0.15) is 16.9 Å². The number of nitrogens with zero attached hydrogens (tertiary/aromatic N) is 5. The molecular weight excluding hydrogens is 437 g/mol. The second kappa shape index (κ2) is 9.65. The van der Waals surface area contributed by atoms with Gasteiger partial charge in [0.2, 0.25) is 11.0 Å². The third-order valence-electron chi connectivity index (χ3n) is 5.53. The Morgan fingerprint density at radius 1 is 1.31 bits per heavy atom. The number of carbonyl (C=O) groups is 2. The molecule has 0 bridgehead atoms. The first-order valence-electron chi connectivity index (χ1n) is 10.5. The molecule has 172 valence electrons. The number of rotatable bonds is 7. The van der Waals surface area contributed by atoms with Crippen molar-refractivity contribution in [1.29, 1.82) is 0 Å². The van der Waals surface area contributed by atoms with Crippen LogP contribution in [0.1, 0.15) is 11.9 Å². The van der Waals surface area contributed by atoms with Gasteiger partial charge < -0.3 is 20.7 Å². The van der Waals surface area contributed by atoms with Crippen molar-refractivity contribution < 1.29 is 18.7 Å². The first-order valence-corrected chi connectivity index (χ1v) is 11.3. The molecule has 2 aromatic rings. The molecule has 3 heterocycles. The number of benzene rings is 1. The minimum absolute atomic E-state index is 0.195. The van der Waals surface area contributed by atoms with Crippen LogP contribution in [0.4, 0.5) is 25.7 Å². The number of carbonyl (C=O) groups excluding carboxylic acids is 2. The Labute approximate surface area is 189 Å². The van der Waals surface area contributed by atoms with E-state index in [0.29, 0.717) is 29.6 Å². The fraction of sp³-hybridized carbons (Fsp3) is 0.500. The summed E-state index contributed by atoms with van der Waals surface area (Å²) in [6.45, 7) is 5.80. The molecule has 2 aliphatic heterocycles. The van der Waals surface area contributed by atoms with E-state index in [4.69, 9.17) is 10.5 Å². The van der Waals surface area contributed by atoms with E-state index in [1.807, 2.05) is 4.90 Å². The lowest BCUT2D eigenvalue weighted by molar-refractivity contribution is -0.119. The summed E-state index contributed by atoms with van der Waals surface area (Å²) in [6, 6.07) is 4.80. The lowest BCUT2D eigenvalue weighted by Crippen LogP contribution is -2.47. The number of amides is 2. The summed E-state index contributed by atoms with van der Waals surface area (Å²) in [4.78, 5) is 28.9. The zero-order valence-electron chi connectivity index (χ0n) is 17.8. The second-order valence-electron chi connectivity index (χ2n) is 7.80. The van der Waals surface area contributed by atoms with Crippen LogP contribution in [-0.4, -0.2) is 79.0 Å². The van der Waals surface area contributed by atoms with Gasteiger partial charge in [-0.25, -0.2) is 9.18 Å². The molecule has 10 nitrogen and oxygen atoms in total. The summed E-state index contributed by atoms with van der Waals surface area (Å²) >= 11 is 1.41. The molecule has 2 fully saturated rings. The smallest absolute Gasteiger partial charge is 0.414 e. The summed E-state index contributed by atoms with van der Waals surface area (Å²) in [6.07, 6.45) is -0.204. The average Bonchev–Trinajstić information content (AvgIpc) is 3.36. The molecule has 0 spiro atoms. The van der Waals surface area contributed by atoms with Gasteiger partial charge in [0.15, 0.2) is 0 Å². The summed E-state index contributed by atoms with van der Waals surface area (Å²) in [5.41, 5.74) is 6.58. The fourth-order valence-electron chi connectivity index (χ4n) is 3.85. The van der Waals surface area contributed by atoms with Crippen LogP contribution in [0.3, 0.4) is 0 Å². The Morgan fingerprint density at radius 2 is 2.09 bits per heavy atom. The quantitative estimate of drug-likeness (QED) is 0.627. The fourth-order valence-corrected chi connectivity index (χ4v) is 4.45. The van der Waals surface area contributed by atoms with E-state index in [2.05, 4.69) is 20.4 Å². The summed E-state index contributed by atoms with van der Waals surface area (Å²) in [7, 11) is 0. The van der Waals surface area contributed by atoms with Crippen molar-refractivity contribution in [3.8, 4) is 0 Å². The van der Waals surface area contributed by atoms with Crippen molar-refractivity contribution in [2.24, 2.45) is 0 Å². The minimum Gasteiger partial charge on any atom is -0.442 e. The van der Waals surface area contributed by atoms with E-state index in [1.165, 1.54) is 29.2 Å². The van der Waals surface area contributed by atoms with Gasteiger partial charge in [-0.05, 0) is 18.2 Å². The van der Waals surface area contributed by atoms with Crippen molar-refractivity contribution in [3.63, 3.8) is 0 Å². The summed E-state index contributed by atoms with van der Waals surface area (Å²) < 4.78 is 20.2. The van der Waals surface area contributed by atoms with Crippen LogP contribution in [0, 0.1) is 5.82 Å². The largest absolute Gasteiger partial charge is 0.442 e. The zero-order chi connectivity index (χ0) is 22.7. The number of hydrogen-bond donors (Lipinski definition) is 2. The molecule has 0 unspecified atom stereocenters. The van der Waals surface area contributed by atoms with Crippen molar-refractivity contribution in [3.05, 3.63) is 29.0 Å². The molecule has 1 aromatic heterocycles. The van der Waals surface area contributed by atoms with Crippen LogP contribution in [0.15, 0.2) is 18.2 Å². The van der Waals surface area contributed by atoms with Gasteiger partial charge in [-0.15, -0.1) is 10.2 Å². The van der Waals surface area contributed by atoms with Gasteiger partial charge in [-0.1, -0.05) is 11.3 Å². The average molecular weight is 464 g/mol. The summed E-state index contributed by atoms with van der Waals surface area (Å²) in [5.74, 6) is -0.571. The van der Waals surface area contributed by atoms with Crippen LogP contribution >= 0.6 is 11.3 Å². The highest BCUT2D eigenvalue weighted by Crippen LogP contribution is 2.28. The monoisotopic (exact) mass is 463 g/mol. The minimum atomic E-state index is -0.543. The molecule has 2 amide bonds. The van der Waals surface area contributed by atoms with Crippen LogP contribution in [0.5, 0.6) is 0 Å². The predicted molar refractivity (Wildman–Crippen MR) is 119 cm³/mol. The first-order chi connectivity index (χ1) is 15.4. The normalized spacial score (nSPS) is 19.3. The van der Waals surface area contributed by atoms with Crippen LogP contribution in [0.2, 0.25) is 0 Å². The topological polar surface area (TPSA) is 117 Å². The van der Waals surface area contributed by atoms with E-state index < -0.39 is 12.2 Å². The Hall–Kier alpha value is -2.99. The molecule has 0 saturated carbocycles. The Kier molecular flexibility index (Phi) is 6.70. The highest BCUT2D eigenvalue weighted by atomic mass is 32.1. The van der Waals surface area contributed by atoms with Gasteiger partial charge in [0.25, 0.3) is 0 Å². The highest BCUT2D eigenvalue weighted by molar-refractivity contribution is 7.15.